The number of rotatable bonds is 3. The third kappa shape index (κ3) is 3.11. The monoisotopic (exact) mass is 274 g/mol. The van der Waals surface area contributed by atoms with Crippen LogP contribution in [0.25, 0.3) is 0 Å². The molecule has 2 N–H and O–H groups in total. The van der Waals surface area contributed by atoms with Crippen molar-refractivity contribution in [1.29, 1.82) is 0 Å². The summed E-state index contributed by atoms with van der Waals surface area (Å²) in [6, 6.07) is 6.19. The molecule has 3 heterocycles. The highest BCUT2D eigenvalue weighted by Crippen LogP contribution is 2.25. The summed E-state index contributed by atoms with van der Waals surface area (Å²) in [7, 11) is 0. The van der Waals surface area contributed by atoms with Gasteiger partial charge in [0, 0.05) is 29.2 Å². The second kappa shape index (κ2) is 5.67. The first-order chi connectivity index (χ1) is 9.31. The third-order valence-corrected chi connectivity index (χ3v) is 4.17. The number of anilines is 2. The predicted octanol–water partition coefficient (Wildman–Crippen LogP) is 3.06. The van der Waals surface area contributed by atoms with Gasteiger partial charge < -0.3 is 10.6 Å². The molecule has 2 aromatic rings. The SMILES string of the molecule is Cc1cnc(Nc2cccc(C3CCCNC3)n2)s1. The number of hydrogen-bond donors (Lipinski definition) is 2. The highest BCUT2D eigenvalue weighted by atomic mass is 32.1. The van der Waals surface area contributed by atoms with Crippen molar-refractivity contribution in [2.45, 2.75) is 25.7 Å². The summed E-state index contributed by atoms with van der Waals surface area (Å²) >= 11 is 1.65. The zero-order chi connectivity index (χ0) is 13.1. The minimum Gasteiger partial charge on any atom is -0.316 e. The standard InChI is InChI=1S/C14H18N4S/c1-10-8-16-14(19-10)18-13-6-2-5-12(17-13)11-4-3-7-15-9-11/h2,5-6,8,11,15H,3-4,7,9H2,1H3,(H,16,17,18). The lowest BCUT2D eigenvalue weighted by Gasteiger charge is -2.22. The van der Waals surface area contributed by atoms with Crippen molar-refractivity contribution in [2.75, 3.05) is 18.4 Å². The van der Waals surface area contributed by atoms with Crippen molar-refractivity contribution in [2.24, 2.45) is 0 Å². The first-order valence-corrected chi connectivity index (χ1v) is 7.50. The molecule has 0 bridgehead atoms. The normalized spacial score (nSPS) is 19.3. The molecule has 1 aliphatic rings. The Morgan fingerprint density at radius 3 is 3.11 bits per heavy atom. The van der Waals surface area contributed by atoms with Gasteiger partial charge in [-0.1, -0.05) is 6.07 Å². The summed E-state index contributed by atoms with van der Waals surface area (Å²) in [6.45, 7) is 4.22. The van der Waals surface area contributed by atoms with Gasteiger partial charge in [0.25, 0.3) is 0 Å². The predicted molar refractivity (Wildman–Crippen MR) is 79.2 cm³/mol. The number of pyridine rings is 1. The molecule has 5 heteroatoms. The molecule has 4 nitrogen and oxygen atoms in total. The van der Waals surface area contributed by atoms with E-state index in [1.54, 1.807) is 11.3 Å². The molecule has 1 saturated heterocycles. The average Bonchev–Trinajstić information content (AvgIpc) is 2.85. The molecule has 0 aliphatic carbocycles. The van der Waals surface area contributed by atoms with Crippen LogP contribution in [0.5, 0.6) is 0 Å². The third-order valence-electron chi connectivity index (χ3n) is 3.34. The molecular formula is C14H18N4S. The van der Waals surface area contributed by atoms with Crippen LogP contribution >= 0.6 is 11.3 Å². The van der Waals surface area contributed by atoms with Gasteiger partial charge in [-0.3, -0.25) is 0 Å². The maximum Gasteiger partial charge on any atom is 0.188 e. The topological polar surface area (TPSA) is 49.8 Å². The number of nitrogens with zero attached hydrogens (tertiary/aromatic N) is 2. The fourth-order valence-electron chi connectivity index (χ4n) is 2.37. The van der Waals surface area contributed by atoms with E-state index in [0.717, 1.165) is 24.0 Å². The van der Waals surface area contributed by atoms with Crippen LogP contribution in [-0.4, -0.2) is 23.1 Å². The van der Waals surface area contributed by atoms with E-state index in [4.69, 9.17) is 4.98 Å². The minimum atomic E-state index is 0.536. The van der Waals surface area contributed by atoms with Gasteiger partial charge in [0.2, 0.25) is 0 Å². The van der Waals surface area contributed by atoms with Crippen molar-refractivity contribution < 1.29 is 0 Å². The van der Waals surface area contributed by atoms with Gasteiger partial charge in [-0.05, 0) is 38.4 Å². The van der Waals surface area contributed by atoms with Gasteiger partial charge in [0.1, 0.15) is 5.82 Å². The van der Waals surface area contributed by atoms with E-state index in [2.05, 4.69) is 34.7 Å². The molecule has 1 fully saturated rings. The fraction of sp³-hybridized carbons (Fsp3) is 0.429. The molecule has 1 atom stereocenters. The van der Waals surface area contributed by atoms with Crippen molar-refractivity contribution >= 4 is 22.3 Å². The van der Waals surface area contributed by atoms with Gasteiger partial charge in [-0.25, -0.2) is 9.97 Å². The quantitative estimate of drug-likeness (QED) is 0.903. The summed E-state index contributed by atoms with van der Waals surface area (Å²) in [6.07, 6.45) is 4.33. The Labute approximate surface area is 117 Å². The zero-order valence-corrected chi connectivity index (χ0v) is 11.8. The number of hydrogen-bond acceptors (Lipinski definition) is 5. The lowest BCUT2D eigenvalue weighted by Crippen LogP contribution is -2.28. The van der Waals surface area contributed by atoms with E-state index >= 15 is 0 Å². The molecule has 1 unspecified atom stereocenters. The second-order valence-electron chi connectivity index (χ2n) is 4.89. The molecule has 0 saturated carbocycles. The van der Waals surface area contributed by atoms with Crippen LogP contribution < -0.4 is 10.6 Å². The molecule has 0 radical (unpaired) electrons. The zero-order valence-electron chi connectivity index (χ0n) is 11.0. The van der Waals surface area contributed by atoms with E-state index in [-0.39, 0.29) is 0 Å². The summed E-state index contributed by atoms with van der Waals surface area (Å²) in [4.78, 5) is 10.2. The Balaban J connectivity index is 1.75. The molecule has 0 spiro atoms. The lowest BCUT2D eigenvalue weighted by atomic mass is 9.96. The number of aryl methyl sites for hydroxylation is 1. The summed E-state index contributed by atoms with van der Waals surface area (Å²) in [5.41, 5.74) is 1.17. The molecular weight excluding hydrogens is 256 g/mol. The Morgan fingerprint density at radius 1 is 1.42 bits per heavy atom. The molecule has 0 amide bonds. The molecule has 19 heavy (non-hydrogen) atoms. The van der Waals surface area contributed by atoms with Crippen LogP contribution in [0.1, 0.15) is 29.3 Å². The number of piperidine rings is 1. The van der Waals surface area contributed by atoms with Gasteiger partial charge in [-0.2, -0.15) is 0 Å². The van der Waals surface area contributed by atoms with Crippen LogP contribution in [0.2, 0.25) is 0 Å². The first kappa shape index (κ1) is 12.6. The summed E-state index contributed by atoms with van der Waals surface area (Å²) < 4.78 is 0. The van der Waals surface area contributed by atoms with Crippen molar-refractivity contribution in [1.82, 2.24) is 15.3 Å². The minimum absolute atomic E-state index is 0.536. The van der Waals surface area contributed by atoms with E-state index < -0.39 is 0 Å². The van der Waals surface area contributed by atoms with Crippen LogP contribution in [-0.2, 0) is 0 Å². The number of thiazole rings is 1. The van der Waals surface area contributed by atoms with Crippen molar-refractivity contribution in [3.05, 3.63) is 35.0 Å². The van der Waals surface area contributed by atoms with E-state index in [0.29, 0.717) is 5.92 Å². The maximum absolute atomic E-state index is 4.72. The van der Waals surface area contributed by atoms with E-state index in [1.807, 2.05) is 12.3 Å². The van der Waals surface area contributed by atoms with Gasteiger partial charge >= 0.3 is 0 Å². The molecule has 2 aromatic heterocycles. The molecule has 3 rings (SSSR count). The summed E-state index contributed by atoms with van der Waals surface area (Å²) in [5.74, 6) is 1.42. The van der Waals surface area contributed by atoms with E-state index in [1.165, 1.54) is 23.4 Å². The van der Waals surface area contributed by atoms with E-state index in [9.17, 15) is 0 Å². The van der Waals surface area contributed by atoms with Crippen LogP contribution in [0.3, 0.4) is 0 Å². The molecule has 1 aliphatic heterocycles. The molecule has 0 aromatic carbocycles. The maximum atomic E-state index is 4.72. The lowest BCUT2D eigenvalue weighted by molar-refractivity contribution is 0.455. The Morgan fingerprint density at radius 2 is 2.37 bits per heavy atom. The Bertz CT molecular complexity index is 546. The molecule has 100 valence electrons. The second-order valence-corrected chi connectivity index (χ2v) is 6.13. The van der Waals surface area contributed by atoms with Gasteiger partial charge in [-0.15, -0.1) is 11.3 Å². The van der Waals surface area contributed by atoms with Gasteiger partial charge in [0.05, 0.1) is 0 Å². The van der Waals surface area contributed by atoms with Crippen molar-refractivity contribution in [3.63, 3.8) is 0 Å². The summed E-state index contributed by atoms with van der Waals surface area (Å²) in [5, 5.41) is 7.62. The average molecular weight is 274 g/mol. The van der Waals surface area contributed by atoms with Crippen LogP contribution in [0.4, 0.5) is 10.9 Å². The van der Waals surface area contributed by atoms with Gasteiger partial charge in [0.15, 0.2) is 5.13 Å². The highest BCUT2D eigenvalue weighted by Gasteiger charge is 2.16. The number of nitrogens with one attached hydrogen (secondary N) is 2. The Hall–Kier alpha value is -1.46. The number of aromatic nitrogens is 2. The highest BCUT2D eigenvalue weighted by molar-refractivity contribution is 7.15. The largest absolute Gasteiger partial charge is 0.316 e. The smallest absolute Gasteiger partial charge is 0.188 e. The van der Waals surface area contributed by atoms with Crippen LogP contribution in [0.15, 0.2) is 24.4 Å². The first-order valence-electron chi connectivity index (χ1n) is 6.68. The van der Waals surface area contributed by atoms with Crippen molar-refractivity contribution in [3.8, 4) is 0 Å². The fourth-order valence-corrected chi connectivity index (χ4v) is 3.05. The Kier molecular flexibility index (Phi) is 3.75. The van der Waals surface area contributed by atoms with Crippen LogP contribution in [0, 0.1) is 6.92 Å².